The Bertz CT molecular complexity index is 389. The first-order chi connectivity index (χ1) is 11.5. The van der Waals surface area contributed by atoms with Gasteiger partial charge in [0.25, 0.3) is 0 Å². The predicted molar refractivity (Wildman–Crippen MR) is 98.3 cm³/mol. The van der Waals surface area contributed by atoms with Crippen molar-refractivity contribution in [1.82, 2.24) is 10.2 Å². The fourth-order valence-corrected chi connectivity index (χ4v) is 3.60. The number of morpholine rings is 1. The summed E-state index contributed by atoms with van der Waals surface area (Å²) in [4.78, 5) is 7.00. The minimum Gasteiger partial charge on any atom is -0.379 e. The number of ether oxygens (including phenoxy) is 2. The molecular formula is C18H36N4O2. The summed E-state index contributed by atoms with van der Waals surface area (Å²) in [5.74, 6) is 1.03. The van der Waals surface area contributed by atoms with Crippen LogP contribution < -0.4 is 11.1 Å². The molecule has 2 unspecified atom stereocenters. The number of rotatable bonds is 6. The van der Waals surface area contributed by atoms with Gasteiger partial charge in [0, 0.05) is 38.7 Å². The van der Waals surface area contributed by atoms with Crippen molar-refractivity contribution >= 4 is 5.96 Å². The van der Waals surface area contributed by atoms with E-state index in [1.165, 1.54) is 6.42 Å². The van der Waals surface area contributed by atoms with E-state index < -0.39 is 0 Å². The highest BCUT2D eigenvalue weighted by Crippen LogP contribution is 2.34. The van der Waals surface area contributed by atoms with Crippen LogP contribution >= 0.6 is 0 Å². The molecular weight excluding hydrogens is 304 g/mol. The van der Waals surface area contributed by atoms with Crippen LogP contribution in [0.1, 0.15) is 40.0 Å². The van der Waals surface area contributed by atoms with Crippen molar-refractivity contribution in [2.45, 2.75) is 46.1 Å². The molecule has 3 N–H and O–H groups in total. The van der Waals surface area contributed by atoms with E-state index in [1.807, 2.05) is 0 Å². The van der Waals surface area contributed by atoms with Crippen LogP contribution in [-0.2, 0) is 9.47 Å². The molecule has 0 spiro atoms. The zero-order valence-corrected chi connectivity index (χ0v) is 15.7. The average molecular weight is 341 g/mol. The van der Waals surface area contributed by atoms with Crippen LogP contribution in [0, 0.1) is 11.3 Å². The zero-order valence-electron chi connectivity index (χ0n) is 15.7. The lowest BCUT2D eigenvalue weighted by atomic mass is 9.78. The fourth-order valence-electron chi connectivity index (χ4n) is 3.60. The molecule has 2 atom stereocenters. The van der Waals surface area contributed by atoms with E-state index in [-0.39, 0.29) is 11.5 Å². The van der Waals surface area contributed by atoms with Gasteiger partial charge in [-0.05, 0) is 31.2 Å². The first-order valence-electron chi connectivity index (χ1n) is 9.42. The molecule has 0 amide bonds. The Hall–Kier alpha value is -0.850. The first-order valence-corrected chi connectivity index (χ1v) is 9.42. The lowest BCUT2D eigenvalue weighted by Gasteiger charge is -2.39. The second kappa shape index (κ2) is 9.59. The second-order valence-electron chi connectivity index (χ2n) is 8.02. The van der Waals surface area contributed by atoms with Gasteiger partial charge in [0.1, 0.15) is 0 Å². The van der Waals surface area contributed by atoms with Crippen LogP contribution in [0.5, 0.6) is 0 Å². The number of hydrogen-bond donors (Lipinski definition) is 2. The van der Waals surface area contributed by atoms with Gasteiger partial charge in [0.2, 0.25) is 0 Å². The molecule has 24 heavy (non-hydrogen) atoms. The number of nitrogens with one attached hydrogen (secondary N) is 1. The Morgan fingerprint density at radius 1 is 1.25 bits per heavy atom. The van der Waals surface area contributed by atoms with E-state index in [0.29, 0.717) is 11.9 Å². The van der Waals surface area contributed by atoms with Crippen molar-refractivity contribution in [2.24, 2.45) is 22.1 Å². The summed E-state index contributed by atoms with van der Waals surface area (Å²) in [6.45, 7) is 14.1. The summed E-state index contributed by atoms with van der Waals surface area (Å²) in [7, 11) is 0. The number of aliphatic imine (C=N–C) groups is 1. The molecule has 6 nitrogen and oxygen atoms in total. The van der Waals surface area contributed by atoms with E-state index in [9.17, 15) is 0 Å². The summed E-state index contributed by atoms with van der Waals surface area (Å²) in [6, 6.07) is 0. The molecule has 2 aliphatic heterocycles. The predicted octanol–water partition coefficient (Wildman–Crippen LogP) is 1.45. The molecule has 2 heterocycles. The maximum atomic E-state index is 6.03. The van der Waals surface area contributed by atoms with Crippen molar-refractivity contribution in [3.63, 3.8) is 0 Å². The summed E-state index contributed by atoms with van der Waals surface area (Å²) >= 11 is 0. The van der Waals surface area contributed by atoms with E-state index in [0.717, 1.165) is 65.4 Å². The minimum atomic E-state index is 0.154. The van der Waals surface area contributed by atoms with Gasteiger partial charge in [0.05, 0.1) is 19.3 Å². The van der Waals surface area contributed by atoms with Crippen LogP contribution in [-0.4, -0.2) is 69.5 Å². The maximum Gasteiger partial charge on any atom is 0.188 e. The standard InChI is InChI=1S/C18H36N4O2/c1-18(2,3)16-15(6-4-11-24-16)14-21-17(19)20-7-5-8-22-9-12-23-13-10-22/h15-16H,4-14H2,1-3H3,(H3,19,20,21). The van der Waals surface area contributed by atoms with E-state index in [2.05, 4.69) is 36.0 Å². The van der Waals surface area contributed by atoms with Crippen molar-refractivity contribution in [2.75, 3.05) is 52.5 Å². The van der Waals surface area contributed by atoms with Crippen molar-refractivity contribution in [1.29, 1.82) is 0 Å². The largest absolute Gasteiger partial charge is 0.379 e. The highest BCUT2D eigenvalue weighted by Gasteiger charge is 2.35. The third kappa shape index (κ3) is 6.57. The topological polar surface area (TPSA) is 72.1 Å². The zero-order chi connectivity index (χ0) is 17.4. The fraction of sp³-hybridized carbons (Fsp3) is 0.944. The second-order valence-corrected chi connectivity index (χ2v) is 8.02. The normalized spacial score (nSPS) is 27.2. The highest BCUT2D eigenvalue weighted by atomic mass is 16.5. The van der Waals surface area contributed by atoms with Crippen LogP contribution in [0.4, 0.5) is 0 Å². The molecule has 2 saturated heterocycles. The molecule has 0 aromatic heterocycles. The quantitative estimate of drug-likeness (QED) is 0.435. The van der Waals surface area contributed by atoms with Crippen molar-refractivity contribution in [3.05, 3.63) is 0 Å². The van der Waals surface area contributed by atoms with Crippen molar-refractivity contribution < 1.29 is 9.47 Å². The Morgan fingerprint density at radius 2 is 2.00 bits per heavy atom. The van der Waals surface area contributed by atoms with Crippen LogP contribution in [0.2, 0.25) is 0 Å². The van der Waals surface area contributed by atoms with Gasteiger partial charge in [-0.15, -0.1) is 0 Å². The Morgan fingerprint density at radius 3 is 2.71 bits per heavy atom. The summed E-state index contributed by atoms with van der Waals surface area (Å²) < 4.78 is 11.4. The maximum absolute atomic E-state index is 6.03. The number of guanidine groups is 1. The Labute approximate surface area is 147 Å². The number of nitrogens with two attached hydrogens (primary N) is 1. The van der Waals surface area contributed by atoms with Gasteiger partial charge in [-0.1, -0.05) is 20.8 Å². The lowest BCUT2D eigenvalue weighted by Crippen LogP contribution is -2.42. The SMILES string of the molecule is CC(C)(C)C1OCCCC1CN=C(N)NCCCN1CCOCC1. The smallest absolute Gasteiger partial charge is 0.188 e. The molecule has 0 aromatic rings. The molecule has 6 heteroatoms. The molecule has 0 radical (unpaired) electrons. The summed E-state index contributed by atoms with van der Waals surface area (Å²) in [6.07, 6.45) is 3.65. The van der Waals surface area contributed by atoms with Gasteiger partial charge in [0.15, 0.2) is 5.96 Å². The Kier molecular flexibility index (Phi) is 7.78. The molecule has 2 rings (SSSR count). The monoisotopic (exact) mass is 340 g/mol. The van der Waals surface area contributed by atoms with Gasteiger partial charge in [-0.25, -0.2) is 0 Å². The molecule has 0 aromatic carbocycles. The summed E-state index contributed by atoms with van der Waals surface area (Å²) in [5, 5.41) is 3.24. The summed E-state index contributed by atoms with van der Waals surface area (Å²) in [5.41, 5.74) is 6.18. The van der Waals surface area contributed by atoms with Crippen LogP contribution in [0.3, 0.4) is 0 Å². The molecule has 0 aliphatic carbocycles. The van der Waals surface area contributed by atoms with E-state index >= 15 is 0 Å². The lowest BCUT2D eigenvalue weighted by molar-refractivity contribution is -0.0823. The van der Waals surface area contributed by atoms with Crippen molar-refractivity contribution in [3.8, 4) is 0 Å². The van der Waals surface area contributed by atoms with Crippen LogP contribution in [0.25, 0.3) is 0 Å². The average Bonchev–Trinajstić information content (AvgIpc) is 2.57. The van der Waals surface area contributed by atoms with Gasteiger partial charge < -0.3 is 20.5 Å². The first kappa shape index (κ1) is 19.5. The minimum absolute atomic E-state index is 0.154. The number of nitrogens with zero attached hydrogens (tertiary/aromatic N) is 2. The third-order valence-corrected chi connectivity index (χ3v) is 4.86. The number of hydrogen-bond acceptors (Lipinski definition) is 4. The molecule has 0 saturated carbocycles. The van der Waals surface area contributed by atoms with Gasteiger partial charge in [-0.3, -0.25) is 9.89 Å². The molecule has 140 valence electrons. The van der Waals surface area contributed by atoms with Gasteiger partial charge in [-0.2, -0.15) is 0 Å². The molecule has 2 fully saturated rings. The van der Waals surface area contributed by atoms with E-state index in [4.69, 9.17) is 15.2 Å². The third-order valence-electron chi connectivity index (χ3n) is 4.86. The molecule has 0 bridgehead atoms. The van der Waals surface area contributed by atoms with E-state index in [1.54, 1.807) is 0 Å². The Balaban J connectivity index is 1.66. The van der Waals surface area contributed by atoms with Gasteiger partial charge >= 0.3 is 0 Å². The van der Waals surface area contributed by atoms with Crippen LogP contribution in [0.15, 0.2) is 4.99 Å². The highest BCUT2D eigenvalue weighted by molar-refractivity contribution is 5.77. The molecule has 2 aliphatic rings.